The van der Waals surface area contributed by atoms with Crippen LogP contribution in [0, 0.1) is 0 Å². The van der Waals surface area contributed by atoms with Crippen LogP contribution in [0.25, 0.3) is 10.9 Å². The van der Waals surface area contributed by atoms with Gasteiger partial charge in [0.25, 0.3) is 0 Å². The summed E-state index contributed by atoms with van der Waals surface area (Å²) in [6, 6.07) is 1.62. The highest BCUT2D eigenvalue weighted by molar-refractivity contribution is 5.96. The maximum atomic E-state index is 13.5. The van der Waals surface area contributed by atoms with E-state index in [0.717, 1.165) is 10.9 Å². The summed E-state index contributed by atoms with van der Waals surface area (Å²) in [4.78, 5) is 83.3. The number of amides is 4. The first-order chi connectivity index (χ1) is 19.9. The van der Waals surface area contributed by atoms with Gasteiger partial charge in [-0.1, -0.05) is 18.2 Å². The fourth-order valence-corrected chi connectivity index (χ4v) is 4.22. The van der Waals surface area contributed by atoms with Crippen molar-refractivity contribution in [1.82, 2.24) is 30.9 Å². The van der Waals surface area contributed by atoms with Gasteiger partial charge in [0, 0.05) is 48.3 Å². The first kappa shape index (κ1) is 31.3. The molecule has 2 aromatic heterocycles. The number of nitrogens with two attached hydrogens (primary N) is 2. The average Bonchev–Trinajstić information content (AvgIpc) is 3.59. The molecule has 0 fully saturated rings. The van der Waals surface area contributed by atoms with Crippen LogP contribution >= 0.6 is 0 Å². The Morgan fingerprint density at radius 2 is 1.55 bits per heavy atom. The number of carbonyl (C=O) groups is 6. The number of benzene rings is 1. The maximum Gasteiger partial charge on any atom is 0.326 e. The summed E-state index contributed by atoms with van der Waals surface area (Å²) < 4.78 is 0. The predicted molar refractivity (Wildman–Crippen MR) is 146 cm³/mol. The molecular formula is C26H32N8O8. The van der Waals surface area contributed by atoms with E-state index in [0.29, 0.717) is 11.3 Å². The number of carboxylic acids is 2. The normalized spacial score (nSPS) is 13.8. The topological polar surface area (TPSA) is 275 Å². The van der Waals surface area contributed by atoms with Crippen molar-refractivity contribution in [1.29, 1.82) is 0 Å². The molecule has 4 unspecified atom stereocenters. The van der Waals surface area contributed by atoms with Crippen LogP contribution in [0.15, 0.2) is 43.0 Å². The van der Waals surface area contributed by atoms with E-state index in [1.807, 2.05) is 6.07 Å². The average molecular weight is 585 g/mol. The van der Waals surface area contributed by atoms with Gasteiger partial charge in [-0.15, -0.1) is 0 Å². The minimum Gasteiger partial charge on any atom is -0.481 e. The van der Waals surface area contributed by atoms with Gasteiger partial charge in [-0.3, -0.25) is 24.0 Å². The number of nitrogens with zero attached hydrogens (tertiary/aromatic N) is 1. The summed E-state index contributed by atoms with van der Waals surface area (Å²) in [6.45, 7) is 0. The van der Waals surface area contributed by atoms with Crippen molar-refractivity contribution in [3.63, 3.8) is 0 Å². The Hall–Kier alpha value is -5.25. The number of primary amides is 1. The van der Waals surface area contributed by atoms with Gasteiger partial charge in [-0.25, -0.2) is 9.78 Å². The van der Waals surface area contributed by atoms with Gasteiger partial charge < -0.3 is 47.6 Å². The van der Waals surface area contributed by atoms with E-state index in [4.69, 9.17) is 11.5 Å². The lowest BCUT2D eigenvalue weighted by molar-refractivity contribution is -0.143. The molecule has 0 bridgehead atoms. The number of hydrogen-bond donors (Lipinski definition) is 9. The molecule has 0 aliphatic rings. The van der Waals surface area contributed by atoms with Crippen molar-refractivity contribution in [2.24, 2.45) is 11.5 Å². The molecule has 0 saturated heterocycles. The third-order valence-electron chi connectivity index (χ3n) is 6.36. The third kappa shape index (κ3) is 8.88. The lowest BCUT2D eigenvalue weighted by Crippen LogP contribution is -2.58. The summed E-state index contributed by atoms with van der Waals surface area (Å²) in [6.07, 6.45) is 2.74. The van der Waals surface area contributed by atoms with E-state index in [9.17, 15) is 39.0 Å². The van der Waals surface area contributed by atoms with Gasteiger partial charge in [0.15, 0.2) is 0 Å². The molecule has 3 rings (SSSR count). The van der Waals surface area contributed by atoms with Gasteiger partial charge in [-0.2, -0.15) is 0 Å². The van der Waals surface area contributed by atoms with Crippen LogP contribution in [-0.4, -0.2) is 84.9 Å². The molecule has 42 heavy (non-hydrogen) atoms. The number of aromatic amines is 2. The number of hydrogen-bond acceptors (Lipinski definition) is 8. The van der Waals surface area contributed by atoms with Crippen LogP contribution in [0.4, 0.5) is 0 Å². The van der Waals surface area contributed by atoms with E-state index in [2.05, 4.69) is 30.9 Å². The smallest absolute Gasteiger partial charge is 0.326 e. The number of H-pyrrole nitrogens is 2. The summed E-state index contributed by atoms with van der Waals surface area (Å²) >= 11 is 0. The lowest BCUT2D eigenvalue weighted by Gasteiger charge is -2.25. The standard InChI is InChI=1S/C26H32N8O8/c27-16(9-21(28)35)23(38)33-19(7-13-10-30-17-4-2-1-3-15(13)17)25(40)32-18(5-6-22(36)37)24(39)34-20(26(41)42)8-14-11-29-12-31-14/h1-4,10-12,16,18-20,30H,5-9,27H2,(H2,28,35)(H,29,31)(H,32,40)(H,33,38)(H,34,39)(H,36,37)(H,41,42). The molecule has 0 spiro atoms. The third-order valence-corrected chi connectivity index (χ3v) is 6.36. The largest absolute Gasteiger partial charge is 0.481 e. The molecule has 16 heteroatoms. The minimum atomic E-state index is -1.47. The summed E-state index contributed by atoms with van der Waals surface area (Å²) in [5.74, 6) is -6.12. The fraction of sp³-hybridized carbons (Fsp3) is 0.346. The summed E-state index contributed by atoms with van der Waals surface area (Å²) in [7, 11) is 0. The molecule has 224 valence electrons. The number of aliphatic carboxylic acids is 2. The highest BCUT2D eigenvalue weighted by Crippen LogP contribution is 2.19. The Labute approximate surface area is 238 Å². The molecular weight excluding hydrogens is 552 g/mol. The first-order valence-corrected chi connectivity index (χ1v) is 12.9. The van der Waals surface area contributed by atoms with Crippen LogP contribution in [0.3, 0.4) is 0 Å². The zero-order chi connectivity index (χ0) is 30.8. The molecule has 16 nitrogen and oxygen atoms in total. The number of aromatic nitrogens is 3. The monoisotopic (exact) mass is 584 g/mol. The quantitative estimate of drug-likeness (QED) is 0.0918. The van der Waals surface area contributed by atoms with Crippen LogP contribution in [-0.2, 0) is 41.6 Å². The molecule has 3 aromatic rings. The van der Waals surface area contributed by atoms with Crippen molar-refractivity contribution < 1.29 is 39.0 Å². The molecule has 1 aromatic carbocycles. The Morgan fingerprint density at radius 1 is 0.881 bits per heavy atom. The predicted octanol–water partition coefficient (Wildman–Crippen LogP) is -1.72. The highest BCUT2D eigenvalue weighted by atomic mass is 16.4. The molecule has 4 atom stereocenters. The molecule has 0 saturated carbocycles. The Kier molecular flexibility index (Phi) is 10.7. The number of imidazole rings is 1. The van der Waals surface area contributed by atoms with E-state index in [1.54, 1.807) is 24.4 Å². The molecule has 0 aliphatic heterocycles. The lowest BCUT2D eigenvalue weighted by atomic mass is 10.0. The molecule has 0 aliphatic carbocycles. The second-order valence-corrected chi connectivity index (χ2v) is 9.58. The van der Waals surface area contributed by atoms with Crippen molar-refractivity contribution in [2.45, 2.75) is 56.3 Å². The Morgan fingerprint density at radius 3 is 2.19 bits per heavy atom. The van der Waals surface area contributed by atoms with Crippen molar-refractivity contribution in [2.75, 3.05) is 0 Å². The van der Waals surface area contributed by atoms with Gasteiger partial charge >= 0.3 is 11.9 Å². The maximum absolute atomic E-state index is 13.5. The van der Waals surface area contributed by atoms with E-state index in [-0.39, 0.29) is 19.3 Å². The van der Waals surface area contributed by atoms with Crippen molar-refractivity contribution >= 4 is 46.5 Å². The first-order valence-electron chi connectivity index (χ1n) is 12.9. The van der Waals surface area contributed by atoms with Crippen molar-refractivity contribution in [3.05, 3.63) is 54.2 Å². The molecule has 4 amide bonds. The van der Waals surface area contributed by atoms with Gasteiger partial charge in [0.1, 0.15) is 18.1 Å². The molecule has 11 N–H and O–H groups in total. The zero-order valence-electron chi connectivity index (χ0n) is 22.3. The fourth-order valence-electron chi connectivity index (χ4n) is 4.22. The second-order valence-electron chi connectivity index (χ2n) is 9.58. The van der Waals surface area contributed by atoms with E-state index < -0.39 is 72.6 Å². The van der Waals surface area contributed by atoms with Gasteiger partial charge in [0.2, 0.25) is 23.6 Å². The SMILES string of the molecule is NC(=O)CC(N)C(=O)NC(Cc1c[nH]c2ccccc12)C(=O)NC(CCC(=O)O)C(=O)NC(Cc1cnc[nH]1)C(=O)O. The van der Waals surface area contributed by atoms with Crippen LogP contribution < -0.4 is 27.4 Å². The Balaban J connectivity index is 1.83. The number of carboxylic acid groups (broad SMARTS) is 2. The van der Waals surface area contributed by atoms with Crippen LogP contribution in [0.5, 0.6) is 0 Å². The van der Waals surface area contributed by atoms with Gasteiger partial charge in [-0.05, 0) is 18.1 Å². The molecule has 0 radical (unpaired) electrons. The Bertz CT molecular complexity index is 1440. The summed E-state index contributed by atoms with van der Waals surface area (Å²) in [5.41, 5.74) is 12.7. The van der Waals surface area contributed by atoms with E-state index >= 15 is 0 Å². The highest BCUT2D eigenvalue weighted by Gasteiger charge is 2.31. The second kappa shape index (κ2) is 14.4. The number of rotatable bonds is 16. The number of para-hydroxylation sites is 1. The van der Waals surface area contributed by atoms with Crippen LogP contribution in [0.1, 0.15) is 30.5 Å². The number of fused-ring (bicyclic) bond motifs is 1. The molecule has 2 heterocycles. The number of carbonyl (C=O) groups excluding carboxylic acids is 4. The van der Waals surface area contributed by atoms with Crippen LogP contribution in [0.2, 0.25) is 0 Å². The van der Waals surface area contributed by atoms with Gasteiger partial charge in [0.05, 0.1) is 18.8 Å². The van der Waals surface area contributed by atoms with E-state index in [1.165, 1.54) is 12.5 Å². The number of nitrogens with one attached hydrogen (secondary N) is 5. The zero-order valence-corrected chi connectivity index (χ0v) is 22.3. The summed E-state index contributed by atoms with van der Waals surface area (Å²) in [5, 5.41) is 26.8. The van der Waals surface area contributed by atoms with Crippen molar-refractivity contribution in [3.8, 4) is 0 Å². The minimum absolute atomic E-state index is 0.0737.